The lowest BCUT2D eigenvalue weighted by Crippen LogP contribution is -2.49. The van der Waals surface area contributed by atoms with Crippen LogP contribution in [0.3, 0.4) is 0 Å². The van der Waals surface area contributed by atoms with Crippen LogP contribution in [0, 0.1) is 13.8 Å². The summed E-state index contributed by atoms with van der Waals surface area (Å²) in [5.41, 5.74) is 3.22. The molecular formula is C21H30N6O2. The number of likely N-dealkylation sites (N-methyl/N-ethyl adjacent to an activating group) is 1. The minimum absolute atomic E-state index is 0.0310. The zero-order valence-electron chi connectivity index (χ0n) is 17.6. The van der Waals surface area contributed by atoms with E-state index in [-0.39, 0.29) is 6.04 Å². The standard InChI is InChI=1S/C21H30N6O2/c1-15-19(16(2)26(4)24-15)23-21(29)20(28)22-14-18(17-8-6-5-7-9-17)27-12-10-25(3)11-13-27/h5-9,18H,10-14H2,1-4H3,(H,22,28)(H,23,29)/t18-/m1/s1. The first-order valence-electron chi connectivity index (χ1n) is 9.93. The van der Waals surface area contributed by atoms with E-state index in [1.54, 1.807) is 18.7 Å². The van der Waals surface area contributed by atoms with Crippen LogP contribution < -0.4 is 10.6 Å². The molecule has 0 radical (unpaired) electrons. The molecule has 1 aromatic carbocycles. The van der Waals surface area contributed by atoms with Gasteiger partial charge in [0.1, 0.15) is 0 Å². The summed E-state index contributed by atoms with van der Waals surface area (Å²) in [5, 5.41) is 9.78. The number of hydrogen-bond donors (Lipinski definition) is 2. The molecule has 1 fully saturated rings. The van der Waals surface area contributed by atoms with Gasteiger partial charge in [0.05, 0.1) is 23.1 Å². The van der Waals surface area contributed by atoms with Gasteiger partial charge < -0.3 is 15.5 Å². The maximum atomic E-state index is 12.5. The van der Waals surface area contributed by atoms with E-state index in [1.807, 2.05) is 25.1 Å². The Bertz CT molecular complexity index is 856. The largest absolute Gasteiger partial charge is 0.346 e. The zero-order chi connectivity index (χ0) is 21.0. The van der Waals surface area contributed by atoms with Crippen molar-refractivity contribution in [3.8, 4) is 0 Å². The van der Waals surface area contributed by atoms with Gasteiger partial charge in [-0.05, 0) is 26.5 Å². The van der Waals surface area contributed by atoms with E-state index < -0.39 is 11.8 Å². The molecule has 0 saturated carbocycles. The van der Waals surface area contributed by atoms with Crippen molar-refractivity contribution in [3.05, 3.63) is 47.3 Å². The van der Waals surface area contributed by atoms with Gasteiger partial charge in [0.15, 0.2) is 0 Å². The second-order valence-corrected chi connectivity index (χ2v) is 7.60. The van der Waals surface area contributed by atoms with Crippen LogP contribution >= 0.6 is 0 Å². The van der Waals surface area contributed by atoms with Gasteiger partial charge in [-0.25, -0.2) is 0 Å². The van der Waals surface area contributed by atoms with Gasteiger partial charge in [0.2, 0.25) is 0 Å². The van der Waals surface area contributed by atoms with Gasteiger partial charge in [-0.2, -0.15) is 5.10 Å². The van der Waals surface area contributed by atoms with Crippen LogP contribution in [0.2, 0.25) is 0 Å². The van der Waals surface area contributed by atoms with Crippen LogP contribution in [0.4, 0.5) is 5.69 Å². The third-order valence-electron chi connectivity index (χ3n) is 5.57. The Balaban J connectivity index is 1.65. The van der Waals surface area contributed by atoms with Crippen molar-refractivity contribution in [1.29, 1.82) is 0 Å². The number of hydrogen-bond acceptors (Lipinski definition) is 5. The fourth-order valence-electron chi connectivity index (χ4n) is 3.66. The Kier molecular flexibility index (Phi) is 6.66. The summed E-state index contributed by atoms with van der Waals surface area (Å²) >= 11 is 0. The molecule has 0 aliphatic carbocycles. The van der Waals surface area contributed by atoms with E-state index in [0.717, 1.165) is 37.4 Å². The Labute approximate surface area is 171 Å². The summed E-state index contributed by atoms with van der Waals surface area (Å²) in [6.45, 7) is 7.85. The van der Waals surface area contributed by atoms with Crippen LogP contribution in [0.15, 0.2) is 30.3 Å². The lowest BCUT2D eigenvalue weighted by atomic mass is 10.0. The normalized spacial score (nSPS) is 16.4. The van der Waals surface area contributed by atoms with Crippen molar-refractivity contribution < 1.29 is 9.59 Å². The van der Waals surface area contributed by atoms with E-state index in [2.05, 4.69) is 44.7 Å². The topological polar surface area (TPSA) is 82.5 Å². The summed E-state index contributed by atoms with van der Waals surface area (Å²) in [4.78, 5) is 29.5. The highest BCUT2D eigenvalue weighted by molar-refractivity contribution is 6.39. The summed E-state index contributed by atoms with van der Waals surface area (Å²) < 4.78 is 1.68. The van der Waals surface area contributed by atoms with Crippen molar-refractivity contribution in [2.75, 3.05) is 45.1 Å². The van der Waals surface area contributed by atoms with Crippen LogP contribution in [0.1, 0.15) is 23.0 Å². The molecule has 0 unspecified atom stereocenters. The minimum Gasteiger partial charge on any atom is -0.346 e. The molecule has 2 amide bonds. The summed E-state index contributed by atoms with van der Waals surface area (Å²) in [7, 11) is 3.92. The smallest absolute Gasteiger partial charge is 0.313 e. The molecule has 2 aromatic rings. The number of aryl methyl sites for hydroxylation is 2. The third kappa shape index (κ3) is 5.02. The first-order valence-corrected chi connectivity index (χ1v) is 9.93. The second-order valence-electron chi connectivity index (χ2n) is 7.60. The summed E-state index contributed by atoms with van der Waals surface area (Å²) in [6, 6.07) is 10.1. The maximum Gasteiger partial charge on any atom is 0.313 e. The molecule has 1 aromatic heterocycles. The van der Waals surface area contributed by atoms with Crippen LogP contribution in [-0.2, 0) is 16.6 Å². The Morgan fingerprint density at radius 3 is 2.28 bits per heavy atom. The second kappa shape index (κ2) is 9.19. The number of rotatable bonds is 5. The molecule has 1 aliphatic heterocycles. The molecule has 1 aliphatic rings. The van der Waals surface area contributed by atoms with E-state index in [4.69, 9.17) is 0 Å². The van der Waals surface area contributed by atoms with Crippen LogP contribution in [0.5, 0.6) is 0 Å². The fraction of sp³-hybridized carbons (Fsp3) is 0.476. The number of piperazine rings is 1. The van der Waals surface area contributed by atoms with Gasteiger partial charge >= 0.3 is 11.8 Å². The maximum absolute atomic E-state index is 12.5. The summed E-state index contributed by atoms with van der Waals surface area (Å²) in [6.07, 6.45) is 0. The molecular weight excluding hydrogens is 368 g/mol. The molecule has 2 heterocycles. The average Bonchev–Trinajstić information content (AvgIpc) is 2.96. The van der Waals surface area contributed by atoms with Crippen molar-refractivity contribution in [1.82, 2.24) is 24.9 Å². The third-order valence-corrected chi connectivity index (χ3v) is 5.57. The van der Waals surface area contributed by atoms with E-state index in [9.17, 15) is 9.59 Å². The molecule has 1 saturated heterocycles. The molecule has 2 N–H and O–H groups in total. The number of carbonyl (C=O) groups is 2. The lowest BCUT2D eigenvalue weighted by molar-refractivity contribution is -0.136. The van der Waals surface area contributed by atoms with Gasteiger partial charge in [0.25, 0.3) is 0 Å². The Hall–Kier alpha value is -2.71. The van der Waals surface area contributed by atoms with Gasteiger partial charge in [0, 0.05) is 39.8 Å². The monoisotopic (exact) mass is 398 g/mol. The quantitative estimate of drug-likeness (QED) is 0.737. The molecule has 29 heavy (non-hydrogen) atoms. The van der Waals surface area contributed by atoms with Crippen molar-refractivity contribution in [3.63, 3.8) is 0 Å². The van der Waals surface area contributed by atoms with Crippen molar-refractivity contribution >= 4 is 17.5 Å². The number of carbonyl (C=O) groups excluding carboxylic acids is 2. The highest BCUT2D eigenvalue weighted by Crippen LogP contribution is 2.21. The molecule has 156 valence electrons. The number of amides is 2. The van der Waals surface area contributed by atoms with E-state index >= 15 is 0 Å². The number of benzene rings is 1. The van der Waals surface area contributed by atoms with Crippen LogP contribution in [-0.4, -0.2) is 71.2 Å². The predicted octanol–water partition coefficient (Wildman–Crippen LogP) is 1.08. The molecule has 0 spiro atoms. The highest BCUT2D eigenvalue weighted by atomic mass is 16.2. The molecule has 8 nitrogen and oxygen atoms in total. The van der Waals surface area contributed by atoms with E-state index in [0.29, 0.717) is 17.9 Å². The molecule has 0 bridgehead atoms. The average molecular weight is 399 g/mol. The predicted molar refractivity (Wildman–Crippen MR) is 113 cm³/mol. The highest BCUT2D eigenvalue weighted by Gasteiger charge is 2.26. The molecule has 1 atom stereocenters. The Morgan fingerprint density at radius 2 is 1.69 bits per heavy atom. The zero-order valence-corrected chi connectivity index (χ0v) is 17.6. The fourth-order valence-corrected chi connectivity index (χ4v) is 3.66. The molecule has 3 rings (SSSR count). The molecule has 8 heteroatoms. The van der Waals surface area contributed by atoms with E-state index in [1.165, 1.54) is 0 Å². The van der Waals surface area contributed by atoms with Gasteiger partial charge in [-0.15, -0.1) is 0 Å². The van der Waals surface area contributed by atoms with Gasteiger partial charge in [-0.1, -0.05) is 30.3 Å². The first kappa shape index (κ1) is 21.0. The number of anilines is 1. The van der Waals surface area contributed by atoms with Crippen molar-refractivity contribution in [2.45, 2.75) is 19.9 Å². The lowest BCUT2D eigenvalue weighted by Gasteiger charge is -2.38. The SMILES string of the molecule is Cc1nn(C)c(C)c1NC(=O)C(=O)NC[C@H](c1ccccc1)N1CCN(C)CC1. The summed E-state index contributed by atoms with van der Waals surface area (Å²) in [5.74, 6) is -1.31. The van der Waals surface area contributed by atoms with Crippen LogP contribution in [0.25, 0.3) is 0 Å². The number of nitrogens with one attached hydrogen (secondary N) is 2. The van der Waals surface area contributed by atoms with Crippen molar-refractivity contribution in [2.24, 2.45) is 7.05 Å². The number of nitrogens with zero attached hydrogens (tertiary/aromatic N) is 4. The Morgan fingerprint density at radius 1 is 1.03 bits per heavy atom. The first-order chi connectivity index (χ1) is 13.9. The minimum atomic E-state index is -0.672. The number of aromatic nitrogens is 2. The van der Waals surface area contributed by atoms with Gasteiger partial charge in [-0.3, -0.25) is 19.2 Å².